The Labute approximate surface area is 149 Å². The van der Waals surface area contributed by atoms with Gasteiger partial charge in [-0.05, 0) is 31.5 Å². The molecule has 0 bridgehead atoms. The van der Waals surface area contributed by atoms with E-state index in [2.05, 4.69) is 20.6 Å². The predicted molar refractivity (Wildman–Crippen MR) is 97.0 cm³/mol. The maximum Gasteiger partial charge on any atom is 0.262 e. The molecule has 0 fully saturated rings. The van der Waals surface area contributed by atoms with Gasteiger partial charge in [0, 0.05) is 13.2 Å². The molecular formula is C17H20N4O3S. The van der Waals surface area contributed by atoms with Crippen LogP contribution in [0.15, 0.2) is 29.1 Å². The first-order valence-electron chi connectivity index (χ1n) is 7.90. The summed E-state index contributed by atoms with van der Waals surface area (Å²) in [5.41, 5.74) is 0.865. The number of amides is 1. The monoisotopic (exact) mass is 360 g/mol. The average molecular weight is 360 g/mol. The molecule has 0 aliphatic carbocycles. The molecule has 2 N–H and O–H groups in total. The molecule has 1 atom stereocenters. The van der Waals surface area contributed by atoms with Crippen molar-refractivity contribution in [3.05, 3.63) is 40.9 Å². The highest BCUT2D eigenvalue weighted by atomic mass is 32.1. The molecule has 3 aromatic heterocycles. The van der Waals surface area contributed by atoms with Crippen LogP contribution in [0, 0.1) is 6.92 Å². The van der Waals surface area contributed by atoms with Crippen molar-refractivity contribution in [1.29, 1.82) is 0 Å². The number of thiophene rings is 1. The van der Waals surface area contributed by atoms with Gasteiger partial charge in [0.2, 0.25) is 0 Å². The summed E-state index contributed by atoms with van der Waals surface area (Å²) in [4.78, 5) is 22.6. The van der Waals surface area contributed by atoms with Crippen LogP contribution in [0.25, 0.3) is 10.2 Å². The van der Waals surface area contributed by atoms with Gasteiger partial charge >= 0.3 is 0 Å². The van der Waals surface area contributed by atoms with Crippen LogP contribution >= 0.6 is 11.3 Å². The fourth-order valence-electron chi connectivity index (χ4n) is 2.59. The lowest BCUT2D eigenvalue weighted by Gasteiger charge is -2.12. The second-order valence-electron chi connectivity index (χ2n) is 5.72. The molecule has 0 aromatic carbocycles. The Morgan fingerprint density at radius 2 is 2.28 bits per heavy atom. The Kier molecular flexibility index (Phi) is 5.30. The standard InChI is InChI=1S/C17H20N4O3S/c1-10(8-23-3)21-16(22)14-11(2)13-15(19-9-20-17(13)25-14)18-7-12-5-4-6-24-12/h4-6,9-10H,7-8H2,1-3H3,(H,21,22)(H,18,19,20). The number of aromatic nitrogens is 2. The van der Waals surface area contributed by atoms with Gasteiger partial charge in [-0.3, -0.25) is 4.79 Å². The molecule has 0 aliphatic heterocycles. The molecule has 3 heterocycles. The number of aryl methyl sites for hydroxylation is 1. The van der Waals surface area contributed by atoms with E-state index in [4.69, 9.17) is 9.15 Å². The third-order valence-electron chi connectivity index (χ3n) is 3.74. The van der Waals surface area contributed by atoms with Crippen molar-refractivity contribution in [3.63, 3.8) is 0 Å². The summed E-state index contributed by atoms with van der Waals surface area (Å²) in [6.45, 7) is 4.79. The van der Waals surface area contributed by atoms with Crippen molar-refractivity contribution in [2.24, 2.45) is 0 Å². The molecule has 1 amide bonds. The van der Waals surface area contributed by atoms with E-state index in [-0.39, 0.29) is 11.9 Å². The number of methoxy groups -OCH3 is 1. The second-order valence-corrected chi connectivity index (χ2v) is 6.72. The predicted octanol–water partition coefficient (Wildman–Crippen LogP) is 2.97. The number of ether oxygens (including phenoxy) is 1. The average Bonchev–Trinajstić information content (AvgIpc) is 3.21. The number of nitrogens with zero attached hydrogens (tertiary/aromatic N) is 2. The van der Waals surface area contributed by atoms with Crippen LogP contribution in [0.3, 0.4) is 0 Å². The third-order valence-corrected chi connectivity index (χ3v) is 4.94. The number of furan rings is 1. The van der Waals surface area contributed by atoms with Gasteiger partial charge in [-0.1, -0.05) is 0 Å². The van der Waals surface area contributed by atoms with Crippen LogP contribution in [0.5, 0.6) is 0 Å². The minimum atomic E-state index is -0.123. The fraction of sp³-hybridized carbons (Fsp3) is 0.353. The molecule has 1 unspecified atom stereocenters. The van der Waals surface area contributed by atoms with E-state index in [9.17, 15) is 4.79 Å². The highest BCUT2D eigenvalue weighted by molar-refractivity contribution is 7.20. The summed E-state index contributed by atoms with van der Waals surface area (Å²) in [7, 11) is 1.61. The highest BCUT2D eigenvalue weighted by Crippen LogP contribution is 2.33. The SMILES string of the molecule is COCC(C)NC(=O)c1sc2ncnc(NCc3ccco3)c2c1C. The van der Waals surface area contributed by atoms with E-state index in [1.165, 1.54) is 17.7 Å². The zero-order chi connectivity index (χ0) is 17.8. The zero-order valence-electron chi connectivity index (χ0n) is 14.3. The largest absolute Gasteiger partial charge is 0.467 e. The van der Waals surface area contributed by atoms with Gasteiger partial charge in [0.15, 0.2) is 0 Å². The molecule has 8 heteroatoms. The number of hydrogen-bond donors (Lipinski definition) is 2. The Morgan fingerprint density at radius 1 is 1.44 bits per heavy atom. The lowest BCUT2D eigenvalue weighted by Crippen LogP contribution is -2.35. The molecular weight excluding hydrogens is 340 g/mol. The molecule has 0 saturated heterocycles. The molecule has 0 radical (unpaired) electrons. The maximum atomic E-state index is 12.5. The van der Waals surface area contributed by atoms with Gasteiger partial charge in [-0.2, -0.15) is 0 Å². The highest BCUT2D eigenvalue weighted by Gasteiger charge is 2.20. The van der Waals surface area contributed by atoms with Gasteiger partial charge in [-0.15, -0.1) is 11.3 Å². The first kappa shape index (κ1) is 17.4. The summed E-state index contributed by atoms with van der Waals surface area (Å²) in [6, 6.07) is 3.67. The van der Waals surface area contributed by atoms with E-state index in [0.717, 1.165) is 21.5 Å². The van der Waals surface area contributed by atoms with Gasteiger partial charge in [0.05, 0.1) is 29.7 Å². The first-order chi connectivity index (χ1) is 12.1. The molecule has 3 aromatic rings. The van der Waals surface area contributed by atoms with Crippen molar-refractivity contribution in [2.45, 2.75) is 26.4 Å². The van der Waals surface area contributed by atoms with E-state index in [0.29, 0.717) is 23.8 Å². The number of carbonyl (C=O) groups excluding carboxylic acids is 1. The second kappa shape index (κ2) is 7.62. The van der Waals surface area contributed by atoms with Crippen molar-refractivity contribution < 1.29 is 13.9 Å². The number of anilines is 1. The molecule has 3 rings (SSSR count). The summed E-state index contributed by atoms with van der Waals surface area (Å²) < 4.78 is 10.4. The third kappa shape index (κ3) is 3.80. The first-order valence-corrected chi connectivity index (χ1v) is 8.72. The van der Waals surface area contributed by atoms with Crippen molar-refractivity contribution in [1.82, 2.24) is 15.3 Å². The Morgan fingerprint density at radius 3 is 3.00 bits per heavy atom. The van der Waals surface area contributed by atoms with E-state index >= 15 is 0 Å². The maximum absolute atomic E-state index is 12.5. The number of hydrogen-bond acceptors (Lipinski definition) is 7. The van der Waals surface area contributed by atoms with Gasteiger partial charge < -0.3 is 19.8 Å². The molecule has 0 spiro atoms. The molecule has 7 nitrogen and oxygen atoms in total. The van der Waals surface area contributed by atoms with Crippen LogP contribution in [-0.2, 0) is 11.3 Å². The fourth-order valence-corrected chi connectivity index (χ4v) is 3.64. The van der Waals surface area contributed by atoms with Crippen LogP contribution in [0.4, 0.5) is 5.82 Å². The van der Waals surface area contributed by atoms with E-state index < -0.39 is 0 Å². The number of nitrogens with one attached hydrogen (secondary N) is 2. The normalized spacial score (nSPS) is 12.3. The quantitative estimate of drug-likeness (QED) is 0.673. The van der Waals surface area contributed by atoms with E-state index in [1.807, 2.05) is 26.0 Å². The van der Waals surface area contributed by atoms with Crippen molar-refractivity contribution in [3.8, 4) is 0 Å². The summed E-state index contributed by atoms with van der Waals surface area (Å²) in [5.74, 6) is 1.38. The minimum absolute atomic E-state index is 0.0651. The van der Waals surface area contributed by atoms with Crippen LogP contribution in [-0.4, -0.2) is 35.6 Å². The smallest absolute Gasteiger partial charge is 0.262 e. The zero-order valence-corrected chi connectivity index (χ0v) is 15.1. The lowest BCUT2D eigenvalue weighted by atomic mass is 10.2. The van der Waals surface area contributed by atoms with Crippen molar-refractivity contribution >= 4 is 33.3 Å². The van der Waals surface area contributed by atoms with Crippen LogP contribution in [0.2, 0.25) is 0 Å². The van der Waals surface area contributed by atoms with Crippen molar-refractivity contribution in [2.75, 3.05) is 19.0 Å². The Bertz CT molecular complexity index is 860. The molecule has 25 heavy (non-hydrogen) atoms. The number of rotatable bonds is 7. The van der Waals surface area contributed by atoms with Gasteiger partial charge in [0.1, 0.15) is 22.7 Å². The van der Waals surface area contributed by atoms with E-state index in [1.54, 1.807) is 13.4 Å². The molecule has 0 saturated carbocycles. The summed E-state index contributed by atoms with van der Waals surface area (Å²) in [6.07, 6.45) is 3.13. The Balaban J connectivity index is 1.86. The molecule has 0 aliphatic rings. The number of fused-ring (bicyclic) bond motifs is 1. The number of carbonyl (C=O) groups is 1. The topological polar surface area (TPSA) is 89.3 Å². The van der Waals surface area contributed by atoms with Crippen LogP contribution in [0.1, 0.15) is 27.9 Å². The Hall–Kier alpha value is -2.45. The summed E-state index contributed by atoms with van der Waals surface area (Å²) >= 11 is 1.36. The summed E-state index contributed by atoms with van der Waals surface area (Å²) in [5, 5.41) is 7.05. The van der Waals surface area contributed by atoms with Crippen LogP contribution < -0.4 is 10.6 Å². The lowest BCUT2D eigenvalue weighted by molar-refractivity contribution is 0.0909. The minimum Gasteiger partial charge on any atom is -0.467 e. The van der Waals surface area contributed by atoms with Gasteiger partial charge in [-0.25, -0.2) is 9.97 Å². The molecule has 132 valence electrons. The van der Waals surface area contributed by atoms with Gasteiger partial charge in [0.25, 0.3) is 5.91 Å².